The third-order valence-corrected chi connectivity index (χ3v) is 2.69. The third kappa shape index (κ3) is 6.23. The summed E-state index contributed by atoms with van der Waals surface area (Å²) in [6.07, 6.45) is 0.984. The first kappa shape index (κ1) is 13.7. The van der Waals surface area contributed by atoms with E-state index in [0.717, 1.165) is 13.0 Å². The molecular weight excluding hydrogens is 202 g/mol. The van der Waals surface area contributed by atoms with Crippen molar-refractivity contribution in [1.82, 2.24) is 5.32 Å². The molecule has 0 saturated heterocycles. The Morgan fingerprint density at radius 1 is 1.64 bits per heavy atom. The molecule has 0 heterocycles. The van der Waals surface area contributed by atoms with E-state index in [0.29, 0.717) is 11.5 Å². The third-order valence-electron chi connectivity index (χ3n) is 1.65. The fourth-order valence-corrected chi connectivity index (χ4v) is 1.72. The number of nitrogens with one attached hydrogen (secondary N) is 1. The number of ether oxygens (including phenoxy) is 1. The average Bonchev–Trinajstić information content (AvgIpc) is 2.22. The molecular formula is C9H19NO3S. The van der Waals surface area contributed by atoms with Gasteiger partial charge in [-0.15, -0.1) is 0 Å². The van der Waals surface area contributed by atoms with Crippen molar-refractivity contribution < 1.29 is 14.6 Å². The summed E-state index contributed by atoms with van der Waals surface area (Å²) >= 11 is 1.54. The van der Waals surface area contributed by atoms with Crippen LogP contribution in [0.2, 0.25) is 0 Å². The van der Waals surface area contributed by atoms with Crippen LogP contribution in [0.1, 0.15) is 13.3 Å². The second kappa shape index (κ2) is 9.30. The van der Waals surface area contributed by atoms with E-state index in [9.17, 15) is 4.79 Å². The molecule has 5 heteroatoms. The van der Waals surface area contributed by atoms with Crippen LogP contribution in [0.3, 0.4) is 0 Å². The van der Waals surface area contributed by atoms with Gasteiger partial charge in [-0.1, -0.05) is 6.92 Å². The van der Waals surface area contributed by atoms with E-state index in [1.165, 1.54) is 7.11 Å². The quantitative estimate of drug-likeness (QED) is 0.454. The molecule has 0 rings (SSSR count). The predicted molar refractivity (Wildman–Crippen MR) is 58.5 cm³/mol. The Labute approximate surface area is 89.4 Å². The van der Waals surface area contributed by atoms with Crippen LogP contribution in [0.5, 0.6) is 0 Å². The number of hydrogen-bond acceptors (Lipinski definition) is 5. The number of aliphatic hydroxyl groups is 1. The number of aliphatic hydroxyl groups excluding tert-OH is 1. The summed E-state index contributed by atoms with van der Waals surface area (Å²) in [4.78, 5) is 11.3. The smallest absolute Gasteiger partial charge is 0.323 e. The van der Waals surface area contributed by atoms with Gasteiger partial charge < -0.3 is 15.2 Å². The summed E-state index contributed by atoms with van der Waals surface area (Å²) in [5.41, 5.74) is 0. The van der Waals surface area contributed by atoms with Crippen molar-refractivity contribution in [2.45, 2.75) is 19.4 Å². The highest BCUT2D eigenvalue weighted by molar-refractivity contribution is 7.99. The number of rotatable bonds is 8. The monoisotopic (exact) mass is 221 g/mol. The molecule has 4 nitrogen and oxygen atoms in total. The summed E-state index contributed by atoms with van der Waals surface area (Å²) < 4.78 is 4.66. The summed E-state index contributed by atoms with van der Waals surface area (Å²) in [5, 5.41) is 11.7. The second-order valence-corrected chi connectivity index (χ2v) is 3.98. The zero-order valence-electron chi connectivity index (χ0n) is 8.78. The van der Waals surface area contributed by atoms with Crippen LogP contribution in [0.4, 0.5) is 0 Å². The molecule has 1 unspecified atom stereocenters. The van der Waals surface area contributed by atoms with Crippen molar-refractivity contribution in [2.75, 3.05) is 31.8 Å². The fourth-order valence-electron chi connectivity index (χ4n) is 0.937. The number of hydrogen-bond donors (Lipinski definition) is 2. The lowest BCUT2D eigenvalue weighted by molar-refractivity contribution is -0.142. The van der Waals surface area contributed by atoms with E-state index in [-0.39, 0.29) is 18.6 Å². The van der Waals surface area contributed by atoms with E-state index in [1.807, 2.05) is 6.92 Å². The van der Waals surface area contributed by atoms with Crippen molar-refractivity contribution in [3.63, 3.8) is 0 Å². The Kier molecular flexibility index (Phi) is 9.13. The van der Waals surface area contributed by atoms with Gasteiger partial charge in [-0.2, -0.15) is 11.8 Å². The zero-order valence-corrected chi connectivity index (χ0v) is 9.60. The van der Waals surface area contributed by atoms with Crippen LogP contribution in [0.15, 0.2) is 0 Å². The molecule has 0 aromatic rings. The first-order valence-corrected chi connectivity index (χ1v) is 5.91. The molecule has 0 fully saturated rings. The first-order chi connectivity index (χ1) is 6.76. The van der Waals surface area contributed by atoms with Crippen LogP contribution in [0.25, 0.3) is 0 Å². The Bertz CT molecular complexity index is 155. The first-order valence-electron chi connectivity index (χ1n) is 4.76. The maximum absolute atomic E-state index is 11.3. The fraction of sp³-hybridized carbons (Fsp3) is 0.889. The Balaban J connectivity index is 3.78. The lowest BCUT2D eigenvalue weighted by Crippen LogP contribution is -2.40. The van der Waals surface area contributed by atoms with Crippen LogP contribution in [-0.4, -0.2) is 48.9 Å². The summed E-state index contributed by atoms with van der Waals surface area (Å²) in [5.74, 6) is 1.07. The van der Waals surface area contributed by atoms with Gasteiger partial charge in [-0.3, -0.25) is 4.79 Å². The number of methoxy groups -OCH3 is 1. The number of carbonyl (C=O) groups excluding carboxylic acids is 1. The number of thioether (sulfide) groups is 1. The van der Waals surface area contributed by atoms with Gasteiger partial charge in [0.05, 0.1) is 13.7 Å². The van der Waals surface area contributed by atoms with Gasteiger partial charge in [-0.05, 0) is 13.0 Å². The van der Waals surface area contributed by atoms with Crippen molar-refractivity contribution >= 4 is 17.7 Å². The average molecular weight is 221 g/mol. The highest BCUT2D eigenvalue weighted by Gasteiger charge is 2.17. The van der Waals surface area contributed by atoms with Crippen LogP contribution >= 0.6 is 11.8 Å². The van der Waals surface area contributed by atoms with Gasteiger partial charge in [0.15, 0.2) is 0 Å². The molecule has 0 amide bonds. The Hall–Kier alpha value is -0.260. The van der Waals surface area contributed by atoms with Gasteiger partial charge in [0.25, 0.3) is 0 Å². The normalized spacial score (nSPS) is 12.5. The zero-order chi connectivity index (χ0) is 10.8. The molecule has 0 aromatic carbocycles. The van der Waals surface area contributed by atoms with Gasteiger partial charge in [0, 0.05) is 11.5 Å². The predicted octanol–water partition coefficient (Wildman–Crippen LogP) is 0.253. The highest BCUT2D eigenvalue weighted by atomic mass is 32.2. The molecule has 0 aromatic heterocycles. The molecule has 1 atom stereocenters. The molecule has 0 aliphatic heterocycles. The van der Waals surface area contributed by atoms with Crippen molar-refractivity contribution in [3.05, 3.63) is 0 Å². The lowest BCUT2D eigenvalue weighted by atomic mass is 10.3. The molecule has 0 aliphatic rings. The largest absolute Gasteiger partial charge is 0.468 e. The molecule has 0 spiro atoms. The maximum atomic E-state index is 11.3. The van der Waals surface area contributed by atoms with E-state index in [1.54, 1.807) is 11.8 Å². The minimum Gasteiger partial charge on any atom is -0.468 e. The van der Waals surface area contributed by atoms with E-state index < -0.39 is 0 Å². The van der Waals surface area contributed by atoms with Crippen LogP contribution in [-0.2, 0) is 9.53 Å². The van der Waals surface area contributed by atoms with E-state index in [2.05, 4.69) is 10.1 Å². The summed E-state index contributed by atoms with van der Waals surface area (Å²) in [6, 6.07) is -0.253. The van der Waals surface area contributed by atoms with E-state index >= 15 is 0 Å². The maximum Gasteiger partial charge on any atom is 0.323 e. The van der Waals surface area contributed by atoms with E-state index in [4.69, 9.17) is 5.11 Å². The Morgan fingerprint density at radius 2 is 2.36 bits per heavy atom. The molecule has 84 valence electrons. The minimum absolute atomic E-state index is 0.145. The molecule has 0 bridgehead atoms. The molecule has 14 heavy (non-hydrogen) atoms. The summed E-state index contributed by atoms with van der Waals surface area (Å²) in [6.45, 7) is 2.99. The van der Waals surface area contributed by atoms with Crippen molar-refractivity contribution in [1.29, 1.82) is 0 Å². The second-order valence-electron chi connectivity index (χ2n) is 2.83. The topological polar surface area (TPSA) is 58.6 Å². The highest BCUT2D eigenvalue weighted by Crippen LogP contribution is 2.03. The Morgan fingerprint density at radius 3 is 2.86 bits per heavy atom. The lowest BCUT2D eigenvalue weighted by Gasteiger charge is -2.15. The molecule has 0 aliphatic carbocycles. The van der Waals surface area contributed by atoms with Crippen molar-refractivity contribution in [3.8, 4) is 0 Å². The van der Waals surface area contributed by atoms with Gasteiger partial charge >= 0.3 is 5.97 Å². The SMILES string of the molecule is CCCNC(CSCCO)C(=O)OC. The van der Waals surface area contributed by atoms with Crippen LogP contribution < -0.4 is 5.32 Å². The summed E-state index contributed by atoms with van der Waals surface area (Å²) in [7, 11) is 1.39. The number of carbonyl (C=O) groups is 1. The van der Waals surface area contributed by atoms with Gasteiger partial charge in [0.1, 0.15) is 6.04 Å². The molecule has 0 saturated carbocycles. The van der Waals surface area contributed by atoms with Gasteiger partial charge in [-0.25, -0.2) is 0 Å². The van der Waals surface area contributed by atoms with Crippen LogP contribution in [0, 0.1) is 0 Å². The minimum atomic E-state index is -0.253. The standard InChI is InChI=1S/C9H19NO3S/c1-3-4-10-8(9(12)13-2)7-14-6-5-11/h8,10-11H,3-7H2,1-2H3. The number of esters is 1. The van der Waals surface area contributed by atoms with Gasteiger partial charge in [0.2, 0.25) is 0 Å². The molecule has 0 radical (unpaired) electrons. The van der Waals surface area contributed by atoms with Crippen molar-refractivity contribution in [2.24, 2.45) is 0 Å². The molecule has 2 N–H and O–H groups in total.